The quantitative estimate of drug-likeness (QED) is 0.209. The summed E-state index contributed by atoms with van der Waals surface area (Å²) in [5.41, 5.74) is 6.64. The van der Waals surface area contributed by atoms with Crippen molar-refractivity contribution in [3.8, 4) is 45.3 Å². The largest absolute Gasteiger partial charge is 0.455 e. The SMILES string of the molecule is c1ccc2cc(-c3nc(-c4ccc(-c5cccc6ccccc56)cc4)nc(-c4cccc5c4oc4ccccc45)n3)ccc2c1. The number of nitrogens with zero attached hydrogens (tertiary/aromatic N) is 3. The van der Waals surface area contributed by atoms with E-state index in [2.05, 4.69) is 121 Å². The average Bonchev–Trinajstić information content (AvgIpc) is 3.50. The Kier molecular flexibility index (Phi) is 5.78. The van der Waals surface area contributed by atoms with Crippen LogP contribution >= 0.6 is 0 Å². The van der Waals surface area contributed by atoms with Gasteiger partial charge in [-0.15, -0.1) is 0 Å². The molecular formula is C41H25N3O. The van der Waals surface area contributed by atoms with Crippen LogP contribution in [0.25, 0.3) is 88.8 Å². The smallest absolute Gasteiger partial charge is 0.167 e. The number of hydrogen-bond donors (Lipinski definition) is 0. The van der Waals surface area contributed by atoms with E-state index in [0.29, 0.717) is 17.5 Å². The Bertz CT molecular complexity index is 2540. The molecule has 4 heteroatoms. The highest BCUT2D eigenvalue weighted by atomic mass is 16.3. The minimum Gasteiger partial charge on any atom is -0.455 e. The van der Waals surface area contributed by atoms with Gasteiger partial charge in [0.25, 0.3) is 0 Å². The van der Waals surface area contributed by atoms with Gasteiger partial charge in [0.1, 0.15) is 11.2 Å². The summed E-state index contributed by atoms with van der Waals surface area (Å²) < 4.78 is 6.39. The second kappa shape index (κ2) is 10.2. The molecular weight excluding hydrogens is 550 g/mol. The molecule has 0 radical (unpaired) electrons. The first-order valence-corrected chi connectivity index (χ1v) is 15.0. The Labute approximate surface area is 259 Å². The van der Waals surface area contributed by atoms with Crippen LogP contribution in [0.3, 0.4) is 0 Å². The zero-order chi connectivity index (χ0) is 29.7. The first-order valence-electron chi connectivity index (χ1n) is 15.0. The molecule has 0 bridgehead atoms. The summed E-state index contributed by atoms with van der Waals surface area (Å²) in [6.45, 7) is 0. The molecule has 0 atom stereocenters. The molecule has 0 N–H and O–H groups in total. The maximum atomic E-state index is 6.39. The van der Waals surface area contributed by atoms with Crippen molar-refractivity contribution in [2.75, 3.05) is 0 Å². The van der Waals surface area contributed by atoms with Crippen LogP contribution in [0.2, 0.25) is 0 Å². The summed E-state index contributed by atoms with van der Waals surface area (Å²) in [5, 5.41) is 6.87. The third-order valence-corrected chi connectivity index (χ3v) is 8.53. The molecule has 0 unspecified atom stereocenters. The minimum absolute atomic E-state index is 0.575. The van der Waals surface area contributed by atoms with Gasteiger partial charge in [-0.2, -0.15) is 0 Å². The van der Waals surface area contributed by atoms with Gasteiger partial charge in [-0.3, -0.25) is 0 Å². The molecule has 2 aromatic heterocycles. The molecule has 0 saturated heterocycles. The summed E-state index contributed by atoms with van der Waals surface area (Å²) >= 11 is 0. The molecule has 0 aliphatic rings. The molecule has 0 amide bonds. The molecule has 9 rings (SSSR count). The van der Waals surface area contributed by atoms with Gasteiger partial charge in [0.15, 0.2) is 17.5 Å². The Hall–Kier alpha value is -6.13. The normalized spacial score (nSPS) is 11.6. The fourth-order valence-corrected chi connectivity index (χ4v) is 6.28. The van der Waals surface area contributed by atoms with Gasteiger partial charge in [0.2, 0.25) is 0 Å². The second-order valence-electron chi connectivity index (χ2n) is 11.3. The fourth-order valence-electron chi connectivity index (χ4n) is 6.28. The Morgan fingerprint density at radius 1 is 0.356 bits per heavy atom. The Balaban J connectivity index is 1.22. The van der Waals surface area contributed by atoms with Crippen LogP contribution in [0.5, 0.6) is 0 Å². The number of para-hydroxylation sites is 2. The fraction of sp³-hybridized carbons (Fsp3) is 0. The predicted molar refractivity (Wildman–Crippen MR) is 184 cm³/mol. The number of furan rings is 1. The molecule has 0 aliphatic heterocycles. The molecule has 0 spiro atoms. The number of rotatable bonds is 4. The number of fused-ring (bicyclic) bond motifs is 5. The lowest BCUT2D eigenvalue weighted by Gasteiger charge is -2.11. The van der Waals surface area contributed by atoms with Crippen molar-refractivity contribution in [3.05, 3.63) is 152 Å². The molecule has 7 aromatic carbocycles. The molecule has 0 saturated carbocycles. The van der Waals surface area contributed by atoms with Gasteiger partial charge in [-0.25, -0.2) is 15.0 Å². The molecule has 210 valence electrons. The van der Waals surface area contributed by atoms with Crippen LogP contribution in [0.1, 0.15) is 0 Å². The molecule has 0 aliphatic carbocycles. The highest BCUT2D eigenvalue weighted by Crippen LogP contribution is 2.36. The van der Waals surface area contributed by atoms with E-state index in [1.54, 1.807) is 0 Å². The summed E-state index contributed by atoms with van der Waals surface area (Å²) in [6.07, 6.45) is 0. The van der Waals surface area contributed by atoms with Gasteiger partial charge in [0, 0.05) is 21.9 Å². The van der Waals surface area contributed by atoms with E-state index in [9.17, 15) is 0 Å². The van der Waals surface area contributed by atoms with Crippen molar-refractivity contribution >= 4 is 43.5 Å². The number of aromatic nitrogens is 3. The first kappa shape index (κ1) is 25.4. The van der Waals surface area contributed by atoms with Crippen LogP contribution < -0.4 is 0 Å². The standard InChI is InChI=1S/C41H25N3O/c1-2-11-30-25-31(24-19-26(30)9-1)40-42-39(29-22-20-28(21-23-29)33-15-7-12-27-10-3-4-13-32(27)33)43-41(44-40)36-17-8-16-35-34-14-5-6-18-37(34)45-38(35)36/h1-25H. The van der Waals surface area contributed by atoms with Crippen molar-refractivity contribution in [2.24, 2.45) is 0 Å². The lowest BCUT2D eigenvalue weighted by Crippen LogP contribution is -2.00. The van der Waals surface area contributed by atoms with Gasteiger partial charge in [0.05, 0.1) is 5.56 Å². The lowest BCUT2D eigenvalue weighted by molar-refractivity contribution is 0.669. The van der Waals surface area contributed by atoms with Gasteiger partial charge in [-0.1, -0.05) is 133 Å². The predicted octanol–water partition coefficient (Wildman–Crippen LogP) is 10.7. The van der Waals surface area contributed by atoms with E-state index in [1.807, 2.05) is 30.3 Å². The Morgan fingerprint density at radius 2 is 0.933 bits per heavy atom. The van der Waals surface area contributed by atoms with E-state index >= 15 is 0 Å². The number of hydrogen-bond acceptors (Lipinski definition) is 4. The molecule has 2 heterocycles. The molecule has 45 heavy (non-hydrogen) atoms. The van der Waals surface area contributed by atoms with Crippen molar-refractivity contribution in [2.45, 2.75) is 0 Å². The lowest BCUT2D eigenvalue weighted by atomic mass is 9.97. The van der Waals surface area contributed by atoms with Crippen molar-refractivity contribution in [3.63, 3.8) is 0 Å². The van der Waals surface area contributed by atoms with Gasteiger partial charge >= 0.3 is 0 Å². The summed E-state index contributed by atoms with van der Waals surface area (Å²) in [6, 6.07) is 52.3. The van der Waals surface area contributed by atoms with Gasteiger partial charge in [-0.05, 0) is 50.9 Å². The average molecular weight is 576 g/mol. The number of benzene rings is 7. The maximum absolute atomic E-state index is 6.39. The Morgan fingerprint density at radius 3 is 1.80 bits per heavy atom. The van der Waals surface area contributed by atoms with Crippen LogP contribution in [0, 0.1) is 0 Å². The van der Waals surface area contributed by atoms with E-state index in [1.165, 1.54) is 21.7 Å². The van der Waals surface area contributed by atoms with Crippen LogP contribution in [-0.4, -0.2) is 15.0 Å². The first-order chi connectivity index (χ1) is 22.3. The van der Waals surface area contributed by atoms with E-state index < -0.39 is 0 Å². The monoisotopic (exact) mass is 575 g/mol. The molecule has 4 nitrogen and oxygen atoms in total. The second-order valence-corrected chi connectivity index (χ2v) is 11.3. The van der Waals surface area contributed by atoms with E-state index in [-0.39, 0.29) is 0 Å². The van der Waals surface area contributed by atoms with Crippen molar-refractivity contribution < 1.29 is 4.42 Å². The summed E-state index contributed by atoms with van der Waals surface area (Å²) in [5.74, 6) is 1.80. The van der Waals surface area contributed by atoms with Crippen molar-refractivity contribution in [1.29, 1.82) is 0 Å². The topological polar surface area (TPSA) is 51.8 Å². The maximum Gasteiger partial charge on any atom is 0.167 e. The summed E-state index contributed by atoms with van der Waals surface area (Å²) in [7, 11) is 0. The van der Waals surface area contributed by atoms with Crippen LogP contribution in [0.15, 0.2) is 156 Å². The van der Waals surface area contributed by atoms with Crippen LogP contribution in [-0.2, 0) is 0 Å². The van der Waals surface area contributed by atoms with Crippen LogP contribution in [0.4, 0.5) is 0 Å². The third kappa shape index (κ3) is 4.35. The zero-order valence-electron chi connectivity index (χ0n) is 24.2. The summed E-state index contributed by atoms with van der Waals surface area (Å²) in [4.78, 5) is 15.1. The highest BCUT2D eigenvalue weighted by Gasteiger charge is 2.18. The highest BCUT2D eigenvalue weighted by molar-refractivity contribution is 6.09. The van der Waals surface area contributed by atoms with Crippen molar-refractivity contribution in [1.82, 2.24) is 15.0 Å². The molecule has 9 aromatic rings. The third-order valence-electron chi connectivity index (χ3n) is 8.53. The van der Waals surface area contributed by atoms with E-state index in [4.69, 9.17) is 19.4 Å². The minimum atomic E-state index is 0.575. The van der Waals surface area contributed by atoms with E-state index in [0.717, 1.165) is 49.6 Å². The zero-order valence-corrected chi connectivity index (χ0v) is 24.2. The van der Waals surface area contributed by atoms with Gasteiger partial charge < -0.3 is 4.42 Å². The molecule has 0 fully saturated rings.